The number of thioether (sulfide) groups is 1. The van der Waals surface area contributed by atoms with Crippen LogP contribution < -0.4 is 0 Å². The van der Waals surface area contributed by atoms with Gasteiger partial charge in [-0.05, 0) is 24.9 Å². The van der Waals surface area contributed by atoms with E-state index in [4.69, 9.17) is 10.2 Å². The molecule has 0 aliphatic heterocycles. The van der Waals surface area contributed by atoms with Crippen molar-refractivity contribution in [2.24, 2.45) is 5.41 Å². The summed E-state index contributed by atoms with van der Waals surface area (Å²) in [6, 6.07) is 0. The van der Waals surface area contributed by atoms with Gasteiger partial charge in [-0.15, -0.1) is 0 Å². The molecule has 0 unspecified atom stereocenters. The maximum Gasteiger partial charge on any atom is 0.0509 e. The van der Waals surface area contributed by atoms with Gasteiger partial charge in [0, 0.05) is 5.41 Å². The number of aliphatic hydroxyl groups excluding tert-OH is 2. The third kappa shape index (κ3) is 3.78. The molecule has 0 bridgehead atoms. The molecule has 0 fully saturated rings. The lowest BCUT2D eigenvalue weighted by atomic mass is 9.82. The molecule has 3 heteroatoms. The second-order valence-electron chi connectivity index (χ2n) is 3.31. The Labute approximate surface area is 79.4 Å². The highest BCUT2D eigenvalue weighted by Gasteiger charge is 2.26. The zero-order valence-electron chi connectivity index (χ0n) is 8.05. The normalized spacial score (nSPS) is 12.0. The molecule has 74 valence electrons. The van der Waals surface area contributed by atoms with Gasteiger partial charge in [0.05, 0.1) is 13.2 Å². The molecule has 0 spiro atoms. The lowest BCUT2D eigenvalue weighted by Crippen LogP contribution is -2.30. The Bertz CT molecular complexity index is 103. The number of aliphatic hydroxyl groups is 2. The van der Waals surface area contributed by atoms with Gasteiger partial charge in [-0.3, -0.25) is 0 Å². The van der Waals surface area contributed by atoms with Gasteiger partial charge in [0.2, 0.25) is 0 Å². The largest absolute Gasteiger partial charge is 0.396 e. The Morgan fingerprint density at radius 3 is 2.08 bits per heavy atom. The number of hydrogen-bond acceptors (Lipinski definition) is 3. The Morgan fingerprint density at radius 1 is 1.17 bits per heavy atom. The summed E-state index contributed by atoms with van der Waals surface area (Å²) in [5, 5.41) is 18.3. The van der Waals surface area contributed by atoms with Crippen molar-refractivity contribution in [1.29, 1.82) is 0 Å². The van der Waals surface area contributed by atoms with E-state index in [2.05, 4.69) is 6.92 Å². The molecule has 0 aromatic rings. The second-order valence-corrected chi connectivity index (χ2v) is 4.29. The summed E-state index contributed by atoms with van der Waals surface area (Å²) in [5.41, 5.74) is -0.224. The van der Waals surface area contributed by atoms with Gasteiger partial charge < -0.3 is 10.2 Å². The maximum absolute atomic E-state index is 9.17. The molecule has 0 radical (unpaired) electrons. The van der Waals surface area contributed by atoms with Crippen molar-refractivity contribution in [3.05, 3.63) is 0 Å². The minimum absolute atomic E-state index is 0.109. The van der Waals surface area contributed by atoms with Crippen LogP contribution in [0.15, 0.2) is 0 Å². The number of hydrogen-bond donors (Lipinski definition) is 2. The molecule has 2 nitrogen and oxygen atoms in total. The fourth-order valence-corrected chi connectivity index (χ4v) is 1.98. The maximum atomic E-state index is 9.17. The molecule has 0 aliphatic rings. The zero-order chi connectivity index (χ0) is 9.45. The van der Waals surface area contributed by atoms with Gasteiger partial charge >= 0.3 is 0 Å². The summed E-state index contributed by atoms with van der Waals surface area (Å²) in [7, 11) is 0. The van der Waals surface area contributed by atoms with Crippen molar-refractivity contribution in [2.45, 2.75) is 26.2 Å². The fourth-order valence-electron chi connectivity index (χ4n) is 1.34. The predicted octanol–water partition coefficient (Wildman–Crippen LogP) is 1.51. The van der Waals surface area contributed by atoms with Crippen LogP contribution in [0.4, 0.5) is 0 Å². The van der Waals surface area contributed by atoms with Crippen molar-refractivity contribution in [1.82, 2.24) is 0 Å². The summed E-state index contributed by atoms with van der Waals surface area (Å²) >= 11 is 1.76. The van der Waals surface area contributed by atoms with Crippen molar-refractivity contribution in [3.63, 3.8) is 0 Å². The van der Waals surface area contributed by atoms with E-state index in [-0.39, 0.29) is 18.6 Å². The summed E-state index contributed by atoms with van der Waals surface area (Å²) in [6.07, 6.45) is 4.90. The molecule has 0 aliphatic carbocycles. The lowest BCUT2D eigenvalue weighted by Gasteiger charge is -2.29. The van der Waals surface area contributed by atoms with Gasteiger partial charge in [-0.1, -0.05) is 13.3 Å². The van der Waals surface area contributed by atoms with Crippen molar-refractivity contribution in [3.8, 4) is 0 Å². The average molecular weight is 192 g/mol. The van der Waals surface area contributed by atoms with E-state index in [0.29, 0.717) is 0 Å². The SMILES string of the molecule is CCCC(CO)(CO)CCSC. The van der Waals surface area contributed by atoms with Crippen LogP contribution in [-0.2, 0) is 0 Å². The topological polar surface area (TPSA) is 40.5 Å². The second kappa shape index (κ2) is 6.75. The van der Waals surface area contributed by atoms with Gasteiger partial charge in [0.15, 0.2) is 0 Å². The molecular formula is C9H20O2S. The van der Waals surface area contributed by atoms with Crippen LogP contribution in [0.25, 0.3) is 0 Å². The van der Waals surface area contributed by atoms with Crippen LogP contribution in [0.2, 0.25) is 0 Å². The van der Waals surface area contributed by atoms with E-state index in [1.165, 1.54) is 0 Å². The van der Waals surface area contributed by atoms with Crippen LogP contribution >= 0.6 is 11.8 Å². The quantitative estimate of drug-likeness (QED) is 0.642. The van der Waals surface area contributed by atoms with E-state index in [1.807, 2.05) is 6.26 Å². The first-order valence-corrected chi connectivity index (χ1v) is 5.84. The molecule has 0 atom stereocenters. The Balaban J connectivity index is 3.95. The minimum Gasteiger partial charge on any atom is -0.396 e. The first kappa shape index (κ1) is 12.3. The first-order valence-electron chi connectivity index (χ1n) is 4.45. The van der Waals surface area contributed by atoms with E-state index < -0.39 is 0 Å². The lowest BCUT2D eigenvalue weighted by molar-refractivity contribution is 0.0442. The van der Waals surface area contributed by atoms with Crippen molar-refractivity contribution in [2.75, 3.05) is 25.2 Å². The van der Waals surface area contributed by atoms with Crippen LogP contribution in [-0.4, -0.2) is 35.4 Å². The van der Waals surface area contributed by atoms with Gasteiger partial charge in [-0.2, -0.15) is 11.8 Å². The van der Waals surface area contributed by atoms with Crippen LogP contribution in [0, 0.1) is 5.41 Å². The summed E-state index contributed by atoms with van der Waals surface area (Å²) in [5.74, 6) is 1.02. The third-order valence-corrected chi connectivity index (χ3v) is 2.90. The fraction of sp³-hybridized carbons (Fsp3) is 1.00. The summed E-state index contributed by atoms with van der Waals surface area (Å²) < 4.78 is 0. The van der Waals surface area contributed by atoms with E-state index in [1.54, 1.807) is 11.8 Å². The summed E-state index contributed by atoms with van der Waals surface area (Å²) in [6.45, 7) is 2.30. The van der Waals surface area contributed by atoms with Crippen LogP contribution in [0.5, 0.6) is 0 Å². The molecular weight excluding hydrogens is 172 g/mol. The van der Waals surface area contributed by atoms with Crippen LogP contribution in [0.3, 0.4) is 0 Å². The highest BCUT2D eigenvalue weighted by Crippen LogP contribution is 2.28. The van der Waals surface area contributed by atoms with Gasteiger partial charge in [0.25, 0.3) is 0 Å². The molecule has 12 heavy (non-hydrogen) atoms. The standard InChI is InChI=1S/C9H20O2S/c1-3-4-9(7-10,8-11)5-6-12-2/h10-11H,3-8H2,1-2H3. The molecule has 0 aromatic carbocycles. The Hall–Kier alpha value is 0.270. The van der Waals surface area contributed by atoms with Gasteiger partial charge in [-0.25, -0.2) is 0 Å². The van der Waals surface area contributed by atoms with E-state index in [9.17, 15) is 0 Å². The monoisotopic (exact) mass is 192 g/mol. The third-order valence-electron chi connectivity index (χ3n) is 2.29. The minimum atomic E-state index is -0.224. The Kier molecular flexibility index (Phi) is 6.90. The first-order chi connectivity index (χ1) is 5.74. The molecule has 0 saturated heterocycles. The number of rotatable bonds is 7. The average Bonchev–Trinajstić information content (AvgIpc) is 2.13. The zero-order valence-corrected chi connectivity index (χ0v) is 8.86. The highest BCUT2D eigenvalue weighted by atomic mass is 32.2. The predicted molar refractivity (Wildman–Crippen MR) is 54.5 cm³/mol. The van der Waals surface area contributed by atoms with Gasteiger partial charge in [0.1, 0.15) is 0 Å². The van der Waals surface area contributed by atoms with E-state index >= 15 is 0 Å². The van der Waals surface area contributed by atoms with Crippen molar-refractivity contribution >= 4 is 11.8 Å². The molecule has 0 rings (SSSR count). The Morgan fingerprint density at radius 2 is 1.75 bits per heavy atom. The van der Waals surface area contributed by atoms with Crippen LogP contribution in [0.1, 0.15) is 26.2 Å². The molecule has 0 amide bonds. The molecule has 2 N–H and O–H groups in total. The smallest absolute Gasteiger partial charge is 0.0509 e. The molecule has 0 aromatic heterocycles. The molecule has 0 saturated carbocycles. The van der Waals surface area contributed by atoms with E-state index in [0.717, 1.165) is 25.0 Å². The molecule has 0 heterocycles. The van der Waals surface area contributed by atoms with Crippen molar-refractivity contribution < 1.29 is 10.2 Å². The highest BCUT2D eigenvalue weighted by molar-refractivity contribution is 7.98. The summed E-state index contributed by atoms with van der Waals surface area (Å²) in [4.78, 5) is 0.